The Morgan fingerprint density at radius 2 is 1.69 bits per heavy atom. The molecule has 5 nitrogen and oxygen atoms in total. The van der Waals surface area contributed by atoms with Crippen LogP contribution in [-0.2, 0) is 22.2 Å². The molecule has 4 rings (SSSR count). The quantitative estimate of drug-likeness (QED) is 0.697. The van der Waals surface area contributed by atoms with E-state index in [0.717, 1.165) is 16.7 Å². The minimum atomic E-state index is -4.26. The Balaban J connectivity index is 1.44. The lowest BCUT2D eigenvalue weighted by Crippen LogP contribution is -2.41. The predicted molar refractivity (Wildman–Crippen MR) is 118 cm³/mol. The Bertz CT molecular complexity index is 1010. The number of benzene rings is 2. The molecule has 0 radical (unpaired) electrons. The average Bonchev–Trinajstić information content (AvgIpc) is 3.19. The largest absolute Gasteiger partial charge is 0.494 e. The average molecular weight is 446 g/mol. The van der Waals surface area contributed by atoms with Crippen molar-refractivity contribution in [2.75, 3.05) is 16.8 Å². The molecule has 2 heterocycles. The number of amides is 2. The van der Waals surface area contributed by atoms with E-state index in [1.807, 2.05) is 45.9 Å². The van der Waals surface area contributed by atoms with Gasteiger partial charge in [-0.1, -0.05) is 24.3 Å². The molecule has 0 unspecified atom stereocenters. The molecule has 1 saturated heterocycles. The lowest BCUT2D eigenvalue weighted by molar-refractivity contribution is -0.127. The standard InChI is InChI=1S/C23H26BF3N2O3/c1-21(2)22(3,4)32-24(31-21)17-7-10-19-16(13-17)11-12-29(19)20(30)28-18-8-5-15(6-9-18)14-23(25,26)27/h5-10,13H,11-12,14H2,1-4H3,(H,28,30). The fourth-order valence-electron chi connectivity index (χ4n) is 3.89. The zero-order chi connectivity index (χ0) is 23.3. The molecule has 0 aromatic heterocycles. The number of nitrogens with one attached hydrogen (secondary N) is 1. The first kappa shape index (κ1) is 22.7. The van der Waals surface area contributed by atoms with Crippen LogP contribution in [0.25, 0.3) is 0 Å². The minimum absolute atomic E-state index is 0.150. The van der Waals surface area contributed by atoms with Crippen LogP contribution in [0.2, 0.25) is 0 Å². The summed E-state index contributed by atoms with van der Waals surface area (Å²) in [6, 6.07) is 11.2. The highest BCUT2D eigenvalue weighted by Gasteiger charge is 2.51. The summed E-state index contributed by atoms with van der Waals surface area (Å²) < 4.78 is 49.8. The van der Waals surface area contributed by atoms with Crippen molar-refractivity contribution in [1.29, 1.82) is 0 Å². The third kappa shape index (κ3) is 4.50. The van der Waals surface area contributed by atoms with Crippen LogP contribution in [0.15, 0.2) is 42.5 Å². The summed E-state index contributed by atoms with van der Waals surface area (Å²) in [5.41, 5.74) is 2.46. The molecule has 2 amide bonds. The molecule has 0 aliphatic carbocycles. The number of urea groups is 1. The molecule has 2 aromatic rings. The molecule has 0 atom stereocenters. The van der Waals surface area contributed by atoms with Gasteiger partial charge in [0.05, 0.1) is 17.6 Å². The number of carbonyl (C=O) groups excluding carboxylic acids is 1. The van der Waals surface area contributed by atoms with Crippen molar-refractivity contribution in [3.8, 4) is 0 Å². The predicted octanol–water partition coefficient (Wildman–Crippen LogP) is 4.69. The zero-order valence-corrected chi connectivity index (χ0v) is 18.5. The van der Waals surface area contributed by atoms with E-state index in [1.165, 1.54) is 24.3 Å². The zero-order valence-electron chi connectivity index (χ0n) is 18.5. The molecule has 0 bridgehead atoms. The third-order valence-corrected chi connectivity index (χ3v) is 6.38. The lowest BCUT2D eigenvalue weighted by atomic mass is 9.78. The van der Waals surface area contributed by atoms with E-state index in [2.05, 4.69) is 5.32 Å². The van der Waals surface area contributed by atoms with Gasteiger partial charge in [-0.3, -0.25) is 4.90 Å². The number of halogens is 3. The number of nitrogens with zero attached hydrogens (tertiary/aromatic N) is 1. The van der Waals surface area contributed by atoms with Gasteiger partial charge in [-0.2, -0.15) is 13.2 Å². The van der Waals surface area contributed by atoms with Crippen molar-refractivity contribution in [3.05, 3.63) is 53.6 Å². The number of anilines is 2. The Morgan fingerprint density at radius 1 is 1.06 bits per heavy atom. The normalized spacial score (nSPS) is 19.2. The summed E-state index contributed by atoms with van der Waals surface area (Å²) in [6.07, 6.45) is -4.56. The lowest BCUT2D eigenvalue weighted by Gasteiger charge is -2.32. The topological polar surface area (TPSA) is 50.8 Å². The fraction of sp³-hybridized carbons (Fsp3) is 0.435. The van der Waals surface area contributed by atoms with E-state index < -0.39 is 30.9 Å². The van der Waals surface area contributed by atoms with Gasteiger partial charge in [0.25, 0.3) is 0 Å². The van der Waals surface area contributed by atoms with Crippen molar-refractivity contribution >= 4 is 30.0 Å². The van der Waals surface area contributed by atoms with Crippen molar-refractivity contribution < 1.29 is 27.3 Å². The van der Waals surface area contributed by atoms with Gasteiger partial charge in [0, 0.05) is 17.9 Å². The van der Waals surface area contributed by atoms with Gasteiger partial charge in [-0.15, -0.1) is 0 Å². The van der Waals surface area contributed by atoms with Crippen LogP contribution in [0.4, 0.5) is 29.3 Å². The fourth-order valence-corrected chi connectivity index (χ4v) is 3.89. The van der Waals surface area contributed by atoms with E-state index >= 15 is 0 Å². The smallest absolute Gasteiger partial charge is 0.399 e. The van der Waals surface area contributed by atoms with Gasteiger partial charge >= 0.3 is 19.3 Å². The number of alkyl halides is 3. The van der Waals surface area contributed by atoms with Crippen LogP contribution >= 0.6 is 0 Å². The first-order chi connectivity index (χ1) is 14.8. The summed E-state index contributed by atoms with van der Waals surface area (Å²) in [7, 11) is -0.469. The van der Waals surface area contributed by atoms with Crippen LogP contribution in [0.3, 0.4) is 0 Å². The monoisotopic (exact) mass is 446 g/mol. The van der Waals surface area contributed by atoms with Gasteiger partial charge in [0.1, 0.15) is 0 Å². The molecule has 2 aliphatic rings. The number of fused-ring (bicyclic) bond motifs is 1. The molecule has 0 spiro atoms. The summed E-state index contributed by atoms with van der Waals surface area (Å²) in [6.45, 7) is 8.52. The number of rotatable bonds is 3. The van der Waals surface area contributed by atoms with Crippen molar-refractivity contribution in [2.24, 2.45) is 0 Å². The second-order valence-electron chi connectivity index (χ2n) is 9.30. The Labute approximate surface area is 186 Å². The highest BCUT2D eigenvalue weighted by atomic mass is 19.4. The molecule has 0 saturated carbocycles. The van der Waals surface area contributed by atoms with Crippen LogP contribution < -0.4 is 15.7 Å². The first-order valence-corrected chi connectivity index (χ1v) is 10.6. The summed E-state index contributed by atoms with van der Waals surface area (Å²) >= 11 is 0. The van der Waals surface area contributed by atoms with E-state index in [0.29, 0.717) is 18.7 Å². The Hall–Kier alpha value is -2.52. The third-order valence-electron chi connectivity index (χ3n) is 6.38. The van der Waals surface area contributed by atoms with E-state index in [1.54, 1.807) is 4.90 Å². The van der Waals surface area contributed by atoms with Crippen LogP contribution in [0.5, 0.6) is 0 Å². The maximum absolute atomic E-state index is 12.8. The van der Waals surface area contributed by atoms with E-state index in [9.17, 15) is 18.0 Å². The van der Waals surface area contributed by atoms with Crippen LogP contribution in [-0.4, -0.2) is 37.1 Å². The van der Waals surface area contributed by atoms with Crippen molar-refractivity contribution in [1.82, 2.24) is 0 Å². The minimum Gasteiger partial charge on any atom is -0.399 e. The summed E-state index contributed by atoms with van der Waals surface area (Å²) in [5, 5.41) is 2.76. The molecule has 170 valence electrons. The molecule has 32 heavy (non-hydrogen) atoms. The van der Waals surface area contributed by atoms with Gasteiger partial charge < -0.3 is 14.6 Å². The maximum Gasteiger partial charge on any atom is 0.494 e. The van der Waals surface area contributed by atoms with Crippen molar-refractivity contribution in [2.45, 2.75) is 57.9 Å². The van der Waals surface area contributed by atoms with E-state index in [4.69, 9.17) is 9.31 Å². The number of carbonyl (C=O) groups is 1. The molecular formula is C23H26BF3N2O3. The van der Waals surface area contributed by atoms with Gasteiger partial charge in [-0.25, -0.2) is 4.79 Å². The maximum atomic E-state index is 12.8. The SMILES string of the molecule is CC1(C)OB(c2ccc3c(c2)CCN3C(=O)Nc2ccc(CC(F)(F)F)cc2)OC1(C)C. The highest BCUT2D eigenvalue weighted by Crippen LogP contribution is 2.37. The molecular weight excluding hydrogens is 420 g/mol. The number of hydrogen-bond acceptors (Lipinski definition) is 3. The summed E-state index contributed by atoms with van der Waals surface area (Å²) in [4.78, 5) is 14.4. The van der Waals surface area contributed by atoms with Gasteiger partial charge in [0.15, 0.2) is 0 Å². The highest BCUT2D eigenvalue weighted by molar-refractivity contribution is 6.62. The molecule has 9 heteroatoms. The van der Waals surface area contributed by atoms with Crippen molar-refractivity contribution in [3.63, 3.8) is 0 Å². The van der Waals surface area contributed by atoms with Gasteiger partial charge in [0.2, 0.25) is 0 Å². The summed E-state index contributed by atoms with van der Waals surface area (Å²) in [5.74, 6) is 0. The molecule has 1 fully saturated rings. The molecule has 2 aliphatic heterocycles. The first-order valence-electron chi connectivity index (χ1n) is 10.6. The van der Waals surface area contributed by atoms with Crippen LogP contribution in [0, 0.1) is 0 Å². The second kappa shape index (κ2) is 7.81. The van der Waals surface area contributed by atoms with Gasteiger partial charge in [-0.05, 0) is 68.9 Å². The van der Waals surface area contributed by atoms with E-state index in [-0.39, 0.29) is 11.6 Å². The van der Waals surface area contributed by atoms with Crippen LogP contribution in [0.1, 0.15) is 38.8 Å². The Kier molecular flexibility index (Phi) is 5.53. The molecule has 1 N–H and O–H groups in total. The Morgan fingerprint density at radius 3 is 2.28 bits per heavy atom. The molecule has 2 aromatic carbocycles. The second-order valence-corrected chi connectivity index (χ2v) is 9.30. The number of hydrogen-bond donors (Lipinski definition) is 1.